The minimum atomic E-state index is -4.32. The first kappa shape index (κ1) is 16.9. The molecule has 0 amide bonds. The summed E-state index contributed by atoms with van der Waals surface area (Å²) in [5.74, 6) is 0.967. The molecule has 0 spiro atoms. The molecule has 6 heteroatoms. The van der Waals surface area contributed by atoms with Gasteiger partial charge >= 0.3 is 6.18 Å². The fraction of sp³-hybridized carbons (Fsp3) is 0.136. The number of fused-ring (bicyclic) bond motifs is 5. The number of rotatable bonds is 2. The first-order valence-electron chi connectivity index (χ1n) is 8.97. The van der Waals surface area contributed by atoms with Gasteiger partial charge in [-0.05, 0) is 35.4 Å². The lowest BCUT2D eigenvalue weighted by atomic mass is 9.99. The van der Waals surface area contributed by atoms with Crippen molar-refractivity contribution in [3.63, 3.8) is 0 Å². The lowest BCUT2D eigenvalue weighted by molar-refractivity contribution is -0.137. The van der Waals surface area contributed by atoms with Gasteiger partial charge in [-0.15, -0.1) is 0 Å². The van der Waals surface area contributed by atoms with E-state index in [0.29, 0.717) is 13.1 Å². The first-order chi connectivity index (χ1) is 13.5. The molecule has 0 saturated heterocycles. The molecule has 1 aliphatic rings. The molecule has 28 heavy (non-hydrogen) atoms. The molecule has 0 saturated carbocycles. The van der Waals surface area contributed by atoms with Gasteiger partial charge in [0, 0.05) is 24.8 Å². The third-order valence-corrected chi connectivity index (χ3v) is 5.09. The molecule has 2 aromatic heterocycles. The lowest BCUT2D eigenvalue weighted by Crippen LogP contribution is -2.27. The van der Waals surface area contributed by atoms with E-state index in [1.165, 1.54) is 0 Å². The minimum Gasteiger partial charge on any atom is -0.347 e. The molecular formula is C22H16F3N3. The van der Waals surface area contributed by atoms with E-state index in [1.54, 1.807) is 12.1 Å². The second kappa shape index (κ2) is 6.12. The smallest absolute Gasteiger partial charge is 0.347 e. The second-order valence-corrected chi connectivity index (χ2v) is 6.92. The maximum absolute atomic E-state index is 12.9. The molecule has 140 valence electrons. The zero-order chi connectivity index (χ0) is 19.3. The number of imidazole rings is 1. The zero-order valence-electron chi connectivity index (χ0n) is 14.8. The highest BCUT2D eigenvalue weighted by atomic mass is 19.4. The Hall–Kier alpha value is -3.28. The fourth-order valence-electron chi connectivity index (χ4n) is 3.79. The third-order valence-electron chi connectivity index (χ3n) is 5.09. The Morgan fingerprint density at radius 1 is 0.893 bits per heavy atom. The van der Waals surface area contributed by atoms with Crippen molar-refractivity contribution in [2.24, 2.45) is 0 Å². The highest BCUT2D eigenvalue weighted by Crippen LogP contribution is 2.40. The summed E-state index contributed by atoms with van der Waals surface area (Å²) in [4.78, 5) is 6.97. The van der Waals surface area contributed by atoms with Crippen LogP contribution in [0.4, 0.5) is 19.0 Å². The molecule has 2 aromatic carbocycles. The highest BCUT2D eigenvalue weighted by Gasteiger charge is 2.30. The fourth-order valence-corrected chi connectivity index (χ4v) is 3.79. The van der Waals surface area contributed by atoms with Gasteiger partial charge in [0.15, 0.2) is 0 Å². The normalized spacial score (nSPS) is 13.5. The highest BCUT2D eigenvalue weighted by molar-refractivity contribution is 5.82. The Morgan fingerprint density at radius 3 is 2.43 bits per heavy atom. The van der Waals surface area contributed by atoms with Crippen LogP contribution in [0.1, 0.15) is 16.7 Å². The number of hydrogen-bond donors (Lipinski definition) is 0. The van der Waals surface area contributed by atoms with Crippen LogP contribution in [0, 0.1) is 0 Å². The second-order valence-electron chi connectivity index (χ2n) is 6.92. The third kappa shape index (κ3) is 2.72. The van der Waals surface area contributed by atoms with Crippen LogP contribution in [0.25, 0.3) is 16.9 Å². The number of halogens is 3. The molecule has 4 aromatic rings. The summed E-state index contributed by atoms with van der Waals surface area (Å²) < 4.78 is 40.6. The van der Waals surface area contributed by atoms with Gasteiger partial charge in [0.05, 0.1) is 5.56 Å². The average molecular weight is 379 g/mol. The number of nitrogens with zero attached hydrogens (tertiary/aromatic N) is 3. The lowest BCUT2D eigenvalue weighted by Gasteiger charge is -2.30. The van der Waals surface area contributed by atoms with Crippen LogP contribution in [-0.4, -0.2) is 9.38 Å². The Morgan fingerprint density at radius 2 is 1.64 bits per heavy atom. The van der Waals surface area contributed by atoms with E-state index in [4.69, 9.17) is 4.98 Å². The molecule has 0 unspecified atom stereocenters. The molecule has 3 heterocycles. The van der Waals surface area contributed by atoms with E-state index >= 15 is 0 Å². The molecule has 0 radical (unpaired) electrons. The molecule has 0 bridgehead atoms. The Kier molecular flexibility index (Phi) is 3.69. The predicted molar refractivity (Wildman–Crippen MR) is 102 cm³/mol. The van der Waals surface area contributed by atoms with Crippen molar-refractivity contribution in [3.8, 4) is 11.3 Å². The van der Waals surface area contributed by atoms with Crippen LogP contribution < -0.4 is 4.90 Å². The number of alkyl halides is 3. The number of benzene rings is 2. The summed E-state index contributed by atoms with van der Waals surface area (Å²) >= 11 is 0. The molecule has 1 aliphatic heterocycles. The van der Waals surface area contributed by atoms with E-state index in [0.717, 1.165) is 46.0 Å². The Balaban J connectivity index is 1.58. The predicted octanol–water partition coefficient (Wildman–Crippen LogP) is 5.54. The van der Waals surface area contributed by atoms with E-state index in [9.17, 15) is 13.2 Å². The summed E-state index contributed by atoms with van der Waals surface area (Å²) in [6.07, 6.45) is -2.35. The maximum Gasteiger partial charge on any atom is 0.416 e. The largest absolute Gasteiger partial charge is 0.416 e. The number of aromatic nitrogens is 2. The zero-order valence-corrected chi connectivity index (χ0v) is 14.8. The first-order valence-corrected chi connectivity index (χ1v) is 8.97. The van der Waals surface area contributed by atoms with Crippen molar-refractivity contribution >= 4 is 11.5 Å². The van der Waals surface area contributed by atoms with Gasteiger partial charge < -0.3 is 4.90 Å². The van der Waals surface area contributed by atoms with Gasteiger partial charge in [0.25, 0.3) is 0 Å². The summed E-state index contributed by atoms with van der Waals surface area (Å²) in [5.41, 5.74) is 4.21. The van der Waals surface area contributed by atoms with Crippen molar-refractivity contribution in [2.45, 2.75) is 19.3 Å². The Bertz CT molecular complexity index is 1160. The topological polar surface area (TPSA) is 20.5 Å². The quantitative estimate of drug-likeness (QED) is 0.456. The summed E-state index contributed by atoms with van der Waals surface area (Å²) in [7, 11) is 0. The van der Waals surface area contributed by atoms with Gasteiger partial charge in [-0.2, -0.15) is 13.2 Å². The molecule has 0 aliphatic carbocycles. The van der Waals surface area contributed by atoms with Gasteiger partial charge in [0.2, 0.25) is 0 Å². The summed E-state index contributed by atoms with van der Waals surface area (Å²) in [6.45, 7) is 1.18. The van der Waals surface area contributed by atoms with E-state index in [1.807, 2.05) is 40.9 Å². The van der Waals surface area contributed by atoms with Crippen molar-refractivity contribution in [3.05, 3.63) is 89.6 Å². The van der Waals surface area contributed by atoms with Crippen molar-refractivity contribution in [1.82, 2.24) is 9.38 Å². The summed E-state index contributed by atoms with van der Waals surface area (Å²) in [5, 5.41) is 0. The van der Waals surface area contributed by atoms with Gasteiger partial charge in [-0.25, -0.2) is 4.98 Å². The molecule has 0 atom stereocenters. The number of anilines is 1. The SMILES string of the molecule is FC(F)(F)c1ccc(CN2Cc3ccccc3-c3nc4ccccn4c32)cc1. The van der Waals surface area contributed by atoms with E-state index in [2.05, 4.69) is 17.0 Å². The molecule has 5 rings (SSSR count). The number of hydrogen-bond acceptors (Lipinski definition) is 2. The van der Waals surface area contributed by atoms with Crippen LogP contribution in [-0.2, 0) is 19.3 Å². The Labute approximate surface area is 159 Å². The van der Waals surface area contributed by atoms with E-state index in [-0.39, 0.29) is 0 Å². The van der Waals surface area contributed by atoms with Crippen LogP contribution in [0.5, 0.6) is 0 Å². The van der Waals surface area contributed by atoms with Crippen LogP contribution >= 0.6 is 0 Å². The van der Waals surface area contributed by atoms with E-state index < -0.39 is 11.7 Å². The number of pyridine rings is 1. The van der Waals surface area contributed by atoms with Crippen molar-refractivity contribution in [1.29, 1.82) is 0 Å². The van der Waals surface area contributed by atoms with Gasteiger partial charge in [-0.1, -0.05) is 42.5 Å². The molecular weight excluding hydrogens is 363 g/mol. The summed E-state index contributed by atoms with van der Waals surface area (Å²) in [6, 6.07) is 19.4. The minimum absolute atomic E-state index is 0.502. The van der Waals surface area contributed by atoms with Crippen LogP contribution in [0.15, 0.2) is 72.9 Å². The van der Waals surface area contributed by atoms with Gasteiger partial charge in [-0.3, -0.25) is 4.40 Å². The molecule has 3 nitrogen and oxygen atoms in total. The van der Waals surface area contributed by atoms with Crippen LogP contribution in [0.3, 0.4) is 0 Å². The monoisotopic (exact) mass is 379 g/mol. The maximum atomic E-state index is 12.9. The van der Waals surface area contributed by atoms with Crippen molar-refractivity contribution in [2.75, 3.05) is 4.90 Å². The standard InChI is InChI=1S/C22H16F3N3/c23-22(24,25)17-10-8-15(9-11-17)13-27-14-16-5-1-2-6-18(16)20-21(27)28-12-4-3-7-19(28)26-20/h1-12H,13-14H2. The van der Waals surface area contributed by atoms with Gasteiger partial charge in [0.1, 0.15) is 17.2 Å². The average Bonchev–Trinajstić information content (AvgIpc) is 3.08. The van der Waals surface area contributed by atoms with Crippen molar-refractivity contribution < 1.29 is 13.2 Å². The molecule has 0 N–H and O–H groups in total. The van der Waals surface area contributed by atoms with Crippen LogP contribution in [0.2, 0.25) is 0 Å². The molecule has 0 fully saturated rings.